The molecule has 0 bridgehead atoms. The highest BCUT2D eigenvalue weighted by Gasteiger charge is 2.27. The average Bonchev–Trinajstić information content (AvgIpc) is 2.74. The molecule has 0 aliphatic rings. The van der Waals surface area contributed by atoms with Crippen LogP contribution in [0.5, 0.6) is 0 Å². The van der Waals surface area contributed by atoms with Gasteiger partial charge >= 0.3 is 0 Å². The van der Waals surface area contributed by atoms with Gasteiger partial charge in [0, 0.05) is 6.54 Å². The van der Waals surface area contributed by atoms with Gasteiger partial charge in [-0.15, -0.1) is 0 Å². The molecule has 3 rings (SSSR count). The summed E-state index contributed by atoms with van der Waals surface area (Å²) in [5.74, 6) is -1.46. The molecule has 0 saturated heterocycles. The van der Waals surface area contributed by atoms with Crippen LogP contribution in [0.2, 0.25) is 0 Å². The Bertz CT molecular complexity index is 1120. The van der Waals surface area contributed by atoms with Crippen LogP contribution in [0.3, 0.4) is 0 Å². The Morgan fingerprint density at radius 2 is 1.45 bits per heavy atom. The van der Waals surface area contributed by atoms with E-state index < -0.39 is 34.3 Å². The van der Waals surface area contributed by atoms with E-state index in [2.05, 4.69) is 5.32 Å². The minimum atomic E-state index is -4.06. The third-order valence-electron chi connectivity index (χ3n) is 4.72. The van der Waals surface area contributed by atoms with Crippen molar-refractivity contribution in [3.8, 4) is 0 Å². The maximum atomic E-state index is 13.3. The zero-order valence-corrected chi connectivity index (χ0v) is 17.6. The number of hydrogen-bond acceptors (Lipinski definition) is 3. The van der Waals surface area contributed by atoms with Gasteiger partial charge in [-0.05, 0) is 54.4 Å². The summed E-state index contributed by atoms with van der Waals surface area (Å²) in [6, 6.07) is 18.6. The van der Waals surface area contributed by atoms with E-state index in [9.17, 15) is 22.0 Å². The molecule has 3 aromatic carbocycles. The summed E-state index contributed by atoms with van der Waals surface area (Å²) in [6.07, 6.45) is 0. The molecule has 0 saturated carbocycles. The van der Waals surface area contributed by atoms with Gasteiger partial charge in [-0.3, -0.25) is 4.79 Å². The largest absolute Gasteiger partial charge is 0.348 e. The molecule has 1 atom stereocenters. The SMILES string of the molecule is C[C@@H](NC(=O)CN(Cc1ccccc1)S(=O)(=O)c1ccc(F)cc1)c1ccc(F)cc1. The summed E-state index contributed by atoms with van der Waals surface area (Å²) in [7, 11) is -4.06. The molecular weight excluding hydrogens is 422 g/mol. The number of nitrogens with one attached hydrogen (secondary N) is 1. The van der Waals surface area contributed by atoms with Crippen LogP contribution in [-0.2, 0) is 21.4 Å². The molecular formula is C23H22F2N2O3S. The first-order chi connectivity index (χ1) is 14.8. The predicted octanol–water partition coefficient (Wildman–Crippen LogP) is 4.03. The van der Waals surface area contributed by atoms with Gasteiger partial charge in [0.1, 0.15) is 11.6 Å². The smallest absolute Gasteiger partial charge is 0.243 e. The van der Waals surface area contributed by atoms with Crippen molar-refractivity contribution in [3.05, 3.63) is 102 Å². The van der Waals surface area contributed by atoms with E-state index in [1.165, 1.54) is 24.3 Å². The summed E-state index contributed by atoms with van der Waals surface area (Å²) in [4.78, 5) is 12.6. The van der Waals surface area contributed by atoms with E-state index in [-0.39, 0.29) is 17.3 Å². The zero-order valence-electron chi connectivity index (χ0n) is 16.8. The van der Waals surface area contributed by atoms with Gasteiger partial charge in [-0.1, -0.05) is 42.5 Å². The fraction of sp³-hybridized carbons (Fsp3) is 0.174. The molecule has 0 radical (unpaired) electrons. The predicted molar refractivity (Wildman–Crippen MR) is 113 cm³/mol. The highest BCUT2D eigenvalue weighted by molar-refractivity contribution is 7.89. The number of nitrogens with zero attached hydrogens (tertiary/aromatic N) is 1. The molecule has 5 nitrogen and oxygen atoms in total. The third-order valence-corrected chi connectivity index (χ3v) is 6.53. The normalized spacial score (nSPS) is 12.5. The van der Waals surface area contributed by atoms with Crippen molar-refractivity contribution in [3.63, 3.8) is 0 Å². The van der Waals surface area contributed by atoms with Crippen molar-refractivity contribution < 1.29 is 22.0 Å². The Morgan fingerprint density at radius 3 is 2.03 bits per heavy atom. The number of sulfonamides is 1. The second-order valence-electron chi connectivity index (χ2n) is 7.05. The van der Waals surface area contributed by atoms with Gasteiger partial charge < -0.3 is 5.32 Å². The van der Waals surface area contributed by atoms with E-state index in [4.69, 9.17) is 0 Å². The first-order valence-electron chi connectivity index (χ1n) is 9.60. The molecule has 1 amide bonds. The summed E-state index contributed by atoms with van der Waals surface area (Å²) in [5, 5.41) is 2.74. The lowest BCUT2D eigenvalue weighted by Gasteiger charge is -2.23. The molecule has 0 aliphatic heterocycles. The molecule has 31 heavy (non-hydrogen) atoms. The van der Waals surface area contributed by atoms with Gasteiger partial charge in [-0.2, -0.15) is 4.31 Å². The molecule has 0 heterocycles. The molecule has 162 valence electrons. The Balaban J connectivity index is 1.81. The van der Waals surface area contributed by atoms with Crippen LogP contribution < -0.4 is 5.32 Å². The molecule has 0 unspecified atom stereocenters. The highest BCUT2D eigenvalue weighted by atomic mass is 32.2. The van der Waals surface area contributed by atoms with Crippen LogP contribution in [0.4, 0.5) is 8.78 Å². The Hall–Kier alpha value is -3.10. The minimum Gasteiger partial charge on any atom is -0.348 e. The molecule has 8 heteroatoms. The molecule has 1 N–H and O–H groups in total. The van der Waals surface area contributed by atoms with E-state index in [1.807, 2.05) is 0 Å². The molecule has 0 spiro atoms. The standard InChI is InChI=1S/C23H22F2N2O3S/c1-17(19-7-9-20(24)10-8-19)26-23(28)16-27(15-18-5-3-2-4-6-18)31(29,30)22-13-11-21(25)12-14-22/h2-14,17H,15-16H2,1H3,(H,26,28)/t17-/m1/s1. The van der Waals surface area contributed by atoms with Gasteiger partial charge in [0.2, 0.25) is 15.9 Å². The molecule has 0 fully saturated rings. The van der Waals surface area contributed by atoms with E-state index >= 15 is 0 Å². The third kappa shape index (κ3) is 5.96. The Labute approximate surface area is 180 Å². The average molecular weight is 445 g/mol. The second-order valence-corrected chi connectivity index (χ2v) is 8.99. The fourth-order valence-electron chi connectivity index (χ4n) is 3.05. The maximum absolute atomic E-state index is 13.3. The van der Waals surface area contributed by atoms with Crippen LogP contribution in [0.15, 0.2) is 83.8 Å². The van der Waals surface area contributed by atoms with Crippen molar-refractivity contribution >= 4 is 15.9 Å². The Morgan fingerprint density at radius 1 is 0.903 bits per heavy atom. The number of rotatable bonds is 8. The molecule has 0 aromatic heterocycles. The quantitative estimate of drug-likeness (QED) is 0.570. The maximum Gasteiger partial charge on any atom is 0.243 e. The molecule has 0 aliphatic carbocycles. The fourth-order valence-corrected chi connectivity index (χ4v) is 4.44. The number of carbonyl (C=O) groups is 1. The minimum absolute atomic E-state index is 0.0289. The second kappa shape index (κ2) is 9.80. The van der Waals surface area contributed by atoms with Crippen LogP contribution in [-0.4, -0.2) is 25.2 Å². The first-order valence-corrected chi connectivity index (χ1v) is 11.0. The first kappa shape index (κ1) is 22.6. The molecule has 3 aromatic rings. The van der Waals surface area contributed by atoms with Crippen LogP contribution >= 0.6 is 0 Å². The van der Waals surface area contributed by atoms with Crippen LogP contribution in [0.25, 0.3) is 0 Å². The lowest BCUT2D eigenvalue weighted by molar-refractivity contribution is -0.122. The Kier molecular flexibility index (Phi) is 7.14. The highest BCUT2D eigenvalue weighted by Crippen LogP contribution is 2.19. The van der Waals surface area contributed by atoms with Gasteiger partial charge in [-0.25, -0.2) is 17.2 Å². The van der Waals surface area contributed by atoms with Crippen molar-refractivity contribution in [2.45, 2.75) is 24.4 Å². The number of hydrogen-bond donors (Lipinski definition) is 1. The summed E-state index contributed by atoms with van der Waals surface area (Å²) in [6.45, 7) is 1.26. The summed E-state index contributed by atoms with van der Waals surface area (Å²) < 4.78 is 53.8. The van der Waals surface area contributed by atoms with E-state index in [0.717, 1.165) is 16.4 Å². The number of carbonyl (C=O) groups excluding carboxylic acids is 1. The topological polar surface area (TPSA) is 66.5 Å². The van der Waals surface area contributed by atoms with Crippen LogP contribution in [0.1, 0.15) is 24.1 Å². The van der Waals surface area contributed by atoms with Crippen LogP contribution in [0, 0.1) is 11.6 Å². The van der Waals surface area contributed by atoms with Gasteiger partial charge in [0.25, 0.3) is 0 Å². The van der Waals surface area contributed by atoms with E-state index in [0.29, 0.717) is 11.1 Å². The van der Waals surface area contributed by atoms with Crippen molar-refractivity contribution in [1.29, 1.82) is 0 Å². The van der Waals surface area contributed by atoms with Crippen molar-refractivity contribution in [2.24, 2.45) is 0 Å². The number of halogens is 2. The number of benzene rings is 3. The zero-order chi connectivity index (χ0) is 22.4. The van der Waals surface area contributed by atoms with E-state index in [1.54, 1.807) is 49.4 Å². The van der Waals surface area contributed by atoms with Gasteiger partial charge in [0.05, 0.1) is 17.5 Å². The van der Waals surface area contributed by atoms with Crippen molar-refractivity contribution in [2.75, 3.05) is 6.54 Å². The lowest BCUT2D eigenvalue weighted by Crippen LogP contribution is -2.41. The monoisotopic (exact) mass is 444 g/mol. The van der Waals surface area contributed by atoms with Gasteiger partial charge in [0.15, 0.2) is 0 Å². The summed E-state index contributed by atoms with van der Waals surface area (Å²) >= 11 is 0. The lowest BCUT2D eigenvalue weighted by atomic mass is 10.1. The summed E-state index contributed by atoms with van der Waals surface area (Å²) in [5.41, 5.74) is 1.39. The van der Waals surface area contributed by atoms with Crippen molar-refractivity contribution in [1.82, 2.24) is 9.62 Å². The number of amides is 1.